The molecule has 5 nitrogen and oxygen atoms in total. The van der Waals surface area contributed by atoms with Gasteiger partial charge in [0.15, 0.2) is 0 Å². The summed E-state index contributed by atoms with van der Waals surface area (Å²) in [7, 11) is 9.49. The molecule has 0 spiro atoms. The molecule has 0 radical (unpaired) electrons. The number of hydrogen-bond donors (Lipinski definition) is 1. The van der Waals surface area contributed by atoms with E-state index in [1.165, 1.54) is 7.11 Å². The van der Waals surface area contributed by atoms with E-state index in [-0.39, 0.29) is 5.97 Å². The lowest BCUT2D eigenvalue weighted by Crippen LogP contribution is -2.59. The summed E-state index contributed by atoms with van der Waals surface area (Å²) in [5.74, 6) is 0.279. The van der Waals surface area contributed by atoms with Crippen LogP contribution in [0.5, 0.6) is 0 Å². The summed E-state index contributed by atoms with van der Waals surface area (Å²) in [6, 6.07) is 0. The standard InChI is InChI=1S/C13H27N3O2/c1-14-13(11-6-7-11,12(17)18-5)10-16(4)9-8-15(2)3/h11,14H,6-10H2,1-5H3. The fourth-order valence-electron chi connectivity index (χ4n) is 2.38. The van der Waals surface area contributed by atoms with Crippen LogP contribution >= 0.6 is 0 Å². The summed E-state index contributed by atoms with van der Waals surface area (Å²) in [4.78, 5) is 16.4. The fraction of sp³-hybridized carbons (Fsp3) is 0.923. The van der Waals surface area contributed by atoms with Crippen molar-refractivity contribution in [2.24, 2.45) is 5.92 Å². The Bertz CT molecular complexity index is 279. The van der Waals surface area contributed by atoms with Crippen LogP contribution in [0.25, 0.3) is 0 Å². The number of nitrogens with one attached hydrogen (secondary N) is 1. The van der Waals surface area contributed by atoms with Gasteiger partial charge in [0, 0.05) is 19.6 Å². The van der Waals surface area contributed by atoms with Crippen LogP contribution in [-0.4, -0.2) is 76.2 Å². The van der Waals surface area contributed by atoms with E-state index in [0.29, 0.717) is 12.5 Å². The van der Waals surface area contributed by atoms with Gasteiger partial charge in [0.25, 0.3) is 0 Å². The van der Waals surface area contributed by atoms with Crippen molar-refractivity contribution >= 4 is 5.97 Å². The second kappa shape index (κ2) is 6.50. The van der Waals surface area contributed by atoms with E-state index >= 15 is 0 Å². The zero-order chi connectivity index (χ0) is 13.8. The van der Waals surface area contributed by atoms with Crippen molar-refractivity contribution in [1.82, 2.24) is 15.1 Å². The molecule has 1 unspecified atom stereocenters. The van der Waals surface area contributed by atoms with Gasteiger partial charge in [0.2, 0.25) is 0 Å². The predicted octanol–water partition coefficient (Wildman–Crippen LogP) is 0.0210. The van der Waals surface area contributed by atoms with Gasteiger partial charge in [-0.3, -0.25) is 0 Å². The molecule has 1 atom stereocenters. The lowest BCUT2D eigenvalue weighted by molar-refractivity contribution is -0.150. The van der Waals surface area contributed by atoms with Gasteiger partial charge in [-0.2, -0.15) is 0 Å². The van der Waals surface area contributed by atoms with Gasteiger partial charge in [-0.1, -0.05) is 0 Å². The number of carbonyl (C=O) groups is 1. The number of ether oxygens (including phenoxy) is 1. The van der Waals surface area contributed by atoms with Crippen LogP contribution < -0.4 is 5.32 Å². The maximum Gasteiger partial charge on any atom is 0.327 e. The van der Waals surface area contributed by atoms with Gasteiger partial charge in [-0.25, -0.2) is 4.79 Å². The van der Waals surface area contributed by atoms with Crippen LogP contribution in [-0.2, 0) is 9.53 Å². The average Bonchev–Trinajstić information content (AvgIpc) is 3.17. The first-order chi connectivity index (χ1) is 8.46. The summed E-state index contributed by atoms with van der Waals surface area (Å²) in [5.41, 5.74) is -0.532. The average molecular weight is 257 g/mol. The SMILES string of the molecule is CNC(CN(C)CCN(C)C)(C(=O)OC)C1CC1. The van der Waals surface area contributed by atoms with Crippen LogP contribution in [0, 0.1) is 5.92 Å². The molecule has 0 aliphatic heterocycles. The number of nitrogens with zero attached hydrogens (tertiary/aromatic N) is 2. The molecule has 106 valence electrons. The van der Waals surface area contributed by atoms with Gasteiger partial charge >= 0.3 is 5.97 Å². The van der Waals surface area contributed by atoms with E-state index in [1.54, 1.807) is 0 Å². The van der Waals surface area contributed by atoms with Crippen LogP contribution in [0.3, 0.4) is 0 Å². The first-order valence-electron chi connectivity index (χ1n) is 6.57. The third-order valence-electron chi connectivity index (χ3n) is 3.72. The number of rotatable bonds is 8. The topological polar surface area (TPSA) is 44.8 Å². The van der Waals surface area contributed by atoms with Gasteiger partial charge < -0.3 is 19.9 Å². The van der Waals surface area contributed by atoms with E-state index in [4.69, 9.17) is 4.74 Å². The van der Waals surface area contributed by atoms with Crippen molar-refractivity contribution in [2.75, 3.05) is 54.9 Å². The smallest absolute Gasteiger partial charge is 0.327 e. The third-order valence-corrected chi connectivity index (χ3v) is 3.72. The summed E-state index contributed by atoms with van der Waals surface area (Å²) < 4.78 is 5.00. The van der Waals surface area contributed by atoms with Crippen molar-refractivity contribution in [3.05, 3.63) is 0 Å². The van der Waals surface area contributed by atoms with E-state index in [9.17, 15) is 4.79 Å². The minimum atomic E-state index is -0.532. The van der Waals surface area contributed by atoms with Gasteiger partial charge in [0.05, 0.1) is 7.11 Å². The molecule has 0 aromatic heterocycles. The van der Waals surface area contributed by atoms with Crippen LogP contribution in [0.4, 0.5) is 0 Å². The van der Waals surface area contributed by atoms with Crippen molar-refractivity contribution < 1.29 is 9.53 Å². The van der Waals surface area contributed by atoms with Gasteiger partial charge in [-0.15, -0.1) is 0 Å². The summed E-state index contributed by atoms with van der Waals surface area (Å²) in [5, 5.41) is 3.22. The number of likely N-dealkylation sites (N-methyl/N-ethyl adjacent to an activating group) is 3. The number of esters is 1. The molecular weight excluding hydrogens is 230 g/mol. The molecule has 1 aliphatic rings. The molecule has 1 saturated carbocycles. The van der Waals surface area contributed by atoms with Crippen molar-refractivity contribution in [3.63, 3.8) is 0 Å². The molecule has 1 fully saturated rings. The maximum atomic E-state index is 12.1. The second-order valence-electron chi connectivity index (χ2n) is 5.53. The minimum absolute atomic E-state index is 0.135. The first kappa shape index (κ1) is 15.4. The largest absolute Gasteiger partial charge is 0.468 e. The second-order valence-corrected chi connectivity index (χ2v) is 5.53. The van der Waals surface area contributed by atoms with E-state index in [1.807, 2.05) is 7.05 Å². The van der Waals surface area contributed by atoms with Gasteiger partial charge in [0.1, 0.15) is 5.54 Å². The van der Waals surface area contributed by atoms with Crippen LogP contribution in [0.2, 0.25) is 0 Å². The van der Waals surface area contributed by atoms with Crippen LogP contribution in [0.15, 0.2) is 0 Å². The Hall–Kier alpha value is -0.650. The lowest BCUT2D eigenvalue weighted by atomic mass is 9.92. The first-order valence-corrected chi connectivity index (χ1v) is 6.57. The fourth-order valence-corrected chi connectivity index (χ4v) is 2.38. The molecule has 0 amide bonds. The number of carbonyl (C=O) groups excluding carboxylic acids is 1. The molecule has 0 aromatic rings. The zero-order valence-corrected chi connectivity index (χ0v) is 12.3. The quantitative estimate of drug-likeness (QED) is 0.621. The molecule has 0 aromatic carbocycles. The normalized spacial score (nSPS) is 19.1. The number of hydrogen-bond acceptors (Lipinski definition) is 5. The molecule has 0 saturated heterocycles. The lowest BCUT2D eigenvalue weighted by Gasteiger charge is -2.35. The van der Waals surface area contributed by atoms with Crippen molar-refractivity contribution in [3.8, 4) is 0 Å². The summed E-state index contributed by atoms with van der Waals surface area (Å²) in [6.45, 7) is 2.64. The summed E-state index contributed by atoms with van der Waals surface area (Å²) in [6.07, 6.45) is 2.22. The highest BCUT2D eigenvalue weighted by Gasteiger charge is 2.51. The van der Waals surface area contributed by atoms with E-state index in [0.717, 1.165) is 25.9 Å². The monoisotopic (exact) mass is 257 g/mol. The Kier molecular flexibility index (Phi) is 5.56. The molecule has 1 aliphatic carbocycles. The molecule has 18 heavy (non-hydrogen) atoms. The zero-order valence-electron chi connectivity index (χ0n) is 12.3. The van der Waals surface area contributed by atoms with E-state index in [2.05, 4.69) is 36.3 Å². The Morgan fingerprint density at radius 1 is 1.33 bits per heavy atom. The minimum Gasteiger partial charge on any atom is -0.468 e. The Morgan fingerprint density at radius 2 is 1.94 bits per heavy atom. The number of methoxy groups -OCH3 is 1. The van der Waals surface area contributed by atoms with Crippen LogP contribution in [0.1, 0.15) is 12.8 Å². The highest BCUT2D eigenvalue weighted by atomic mass is 16.5. The van der Waals surface area contributed by atoms with Gasteiger partial charge in [-0.05, 0) is 47.0 Å². The van der Waals surface area contributed by atoms with Crippen molar-refractivity contribution in [1.29, 1.82) is 0 Å². The molecule has 1 rings (SSSR count). The molecule has 5 heteroatoms. The predicted molar refractivity (Wildman–Crippen MR) is 72.6 cm³/mol. The highest BCUT2D eigenvalue weighted by molar-refractivity contribution is 5.82. The third kappa shape index (κ3) is 3.67. The Morgan fingerprint density at radius 3 is 2.33 bits per heavy atom. The molecule has 1 N–H and O–H groups in total. The maximum absolute atomic E-state index is 12.1. The summed E-state index contributed by atoms with van der Waals surface area (Å²) >= 11 is 0. The Labute approximate surface area is 110 Å². The Balaban J connectivity index is 2.63. The van der Waals surface area contributed by atoms with Crippen molar-refractivity contribution in [2.45, 2.75) is 18.4 Å². The molecular formula is C13H27N3O2. The highest BCUT2D eigenvalue weighted by Crippen LogP contribution is 2.40. The van der Waals surface area contributed by atoms with E-state index < -0.39 is 5.54 Å². The molecule has 0 bridgehead atoms. The molecule has 0 heterocycles.